The van der Waals surface area contributed by atoms with Crippen molar-refractivity contribution in [1.29, 1.82) is 0 Å². The SMILES string of the molecule is CC(=O)NCC1CCC(C)NC1. The van der Waals surface area contributed by atoms with E-state index in [4.69, 9.17) is 0 Å². The molecule has 0 aromatic rings. The molecule has 0 radical (unpaired) electrons. The van der Waals surface area contributed by atoms with Crippen LogP contribution in [0.15, 0.2) is 0 Å². The maximum atomic E-state index is 10.6. The molecule has 0 aromatic heterocycles. The Morgan fingerprint density at radius 2 is 2.33 bits per heavy atom. The minimum absolute atomic E-state index is 0.0774. The zero-order valence-corrected chi connectivity index (χ0v) is 7.89. The number of carbonyl (C=O) groups is 1. The molecule has 12 heavy (non-hydrogen) atoms. The average Bonchev–Trinajstić information content (AvgIpc) is 2.03. The quantitative estimate of drug-likeness (QED) is 0.634. The van der Waals surface area contributed by atoms with Crippen LogP contribution in [0.25, 0.3) is 0 Å². The summed E-state index contributed by atoms with van der Waals surface area (Å²) in [7, 11) is 0. The van der Waals surface area contributed by atoms with E-state index in [-0.39, 0.29) is 5.91 Å². The van der Waals surface area contributed by atoms with Crippen LogP contribution in [0.2, 0.25) is 0 Å². The van der Waals surface area contributed by atoms with Gasteiger partial charge < -0.3 is 10.6 Å². The fourth-order valence-corrected chi connectivity index (χ4v) is 1.52. The normalized spacial score (nSPS) is 29.8. The Hall–Kier alpha value is -0.570. The molecular formula is C9H18N2O. The maximum Gasteiger partial charge on any atom is 0.216 e. The Kier molecular flexibility index (Phi) is 3.53. The Morgan fingerprint density at radius 1 is 1.58 bits per heavy atom. The highest BCUT2D eigenvalue weighted by Gasteiger charge is 2.16. The predicted octanol–water partition coefficient (Wildman–Crippen LogP) is 0.511. The van der Waals surface area contributed by atoms with E-state index in [9.17, 15) is 4.79 Å². The number of rotatable bonds is 2. The van der Waals surface area contributed by atoms with Gasteiger partial charge in [0.05, 0.1) is 0 Å². The van der Waals surface area contributed by atoms with Gasteiger partial charge in [0.2, 0.25) is 5.91 Å². The minimum atomic E-state index is 0.0774. The van der Waals surface area contributed by atoms with Crippen LogP contribution in [0.3, 0.4) is 0 Å². The minimum Gasteiger partial charge on any atom is -0.356 e. The van der Waals surface area contributed by atoms with E-state index in [0.29, 0.717) is 12.0 Å². The highest BCUT2D eigenvalue weighted by Crippen LogP contribution is 2.12. The summed E-state index contributed by atoms with van der Waals surface area (Å²) in [4.78, 5) is 10.6. The molecule has 1 amide bonds. The van der Waals surface area contributed by atoms with Crippen LogP contribution >= 0.6 is 0 Å². The van der Waals surface area contributed by atoms with Crippen LogP contribution in [0.1, 0.15) is 26.7 Å². The fraction of sp³-hybridized carbons (Fsp3) is 0.889. The van der Waals surface area contributed by atoms with Gasteiger partial charge in [0, 0.05) is 19.5 Å². The van der Waals surface area contributed by atoms with Gasteiger partial charge in [0.1, 0.15) is 0 Å². The fourth-order valence-electron chi connectivity index (χ4n) is 1.52. The van der Waals surface area contributed by atoms with E-state index in [2.05, 4.69) is 17.6 Å². The van der Waals surface area contributed by atoms with Crippen molar-refractivity contribution in [1.82, 2.24) is 10.6 Å². The van der Waals surface area contributed by atoms with Crippen LogP contribution in [-0.4, -0.2) is 25.0 Å². The van der Waals surface area contributed by atoms with Crippen molar-refractivity contribution in [3.63, 3.8) is 0 Å². The molecule has 0 aromatic carbocycles. The number of nitrogens with one attached hydrogen (secondary N) is 2. The molecule has 0 saturated carbocycles. The van der Waals surface area contributed by atoms with Crippen molar-refractivity contribution in [3.05, 3.63) is 0 Å². The summed E-state index contributed by atoms with van der Waals surface area (Å²) >= 11 is 0. The largest absolute Gasteiger partial charge is 0.356 e. The van der Waals surface area contributed by atoms with E-state index in [1.165, 1.54) is 12.8 Å². The third-order valence-electron chi connectivity index (χ3n) is 2.40. The van der Waals surface area contributed by atoms with Gasteiger partial charge in [-0.05, 0) is 32.2 Å². The molecule has 1 saturated heterocycles. The summed E-state index contributed by atoms with van der Waals surface area (Å²) in [5.74, 6) is 0.707. The van der Waals surface area contributed by atoms with Crippen molar-refractivity contribution in [3.8, 4) is 0 Å². The number of hydrogen-bond donors (Lipinski definition) is 2. The van der Waals surface area contributed by atoms with Crippen LogP contribution in [0.5, 0.6) is 0 Å². The molecule has 2 unspecified atom stereocenters. The molecule has 1 rings (SSSR count). The predicted molar refractivity (Wildman–Crippen MR) is 48.9 cm³/mol. The monoisotopic (exact) mass is 170 g/mol. The zero-order chi connectivity index (χ0) is 8.97. The lowest BCUT2D eigenvalue weighted by molar-refractivity contribution is -0.119. The number of amides is 1. The number of hydrogen-bond acceptors (Lipinski definition) is 2. The summed E-state index contributed by atoms with van der Waals surface area (Å²) in [6.07, 6.45) is 2.46. The molecule has 3 nitrogen and oxygen atoms in total. The zero-order valence-electron chi connectivity index (χ0n) is 7.89. The molecule has 1 aliphatic heterocycles. The first-order valence-corrected chi connectivity index (χ1v) is 4.66. The molecule has 1 heterocycles. The summed E-state index contributed by atoms with van der Waals surface area (Å²) < 4.78 is 0. The van der Waals surface area contributed by atoms with Crippen molar-refractivity contribution < 1.29 is 4.79 Å². The molecule has 0 spiro atoms. The van der Waals surface area contributed by atoms with Crippen molar-refractivity contribution in [2.45, 2.75) is 32.7 Å². The van der Waals surface area contributed by atoms with Crippen LogP contribution in [0, 0.1) is 5.92 Å². The van der Waals surface area contributed by atoms with E-state index in [1.807, 2.05) is 0 Å². The molecule has 2 atom stereocenters. The molecule has 1 aliphatic rings. The first-order valence-electron chi connectivity index (χ1n) is 4.66. The van der Waals surface area contributed by atoms with Gasteiger partial charge in [-0.3, -0.25) is 4.79 Å². The Balaban J connectivity index is 2.13. The summed E-state index contributed by atoms with van der Waals surface area (Å²) in [6, 6.07) is 0.651. The Morgan fingerprint density at radius 3 is 2.83 bits per heavy atom. The third-order valence-corrected chi connectivity index (χ3v) is 2.40. The first-order chi connectivity index (χ1) is 5.68. The number of piperidine rings is 1. The van der Waals surface area contributed by atoms with Gasteiger partial charge in [-0.1, -0.05) is 0 Å². The lowest BCUT2D eigenvalue weighted by Gasteiger charge is -2.27. The van der Waals surface area contributed by atoms with Crippen molar-refractivity contribution >= 4 is 5.91 Å². The van der Waals surface area contributed by atoms with Gasteiger partial charge in [0.25, 0.3) is 0 Å². The van der Waals surface area contributed by atoms with Gasteiger partial charge in [-0.25, -0.2) is 0 Å². The molecule has 70 valence electrons. The van der Waals surface area contributed by atoms with Gasteiger partial charge >= 0.3 is 0 Å². The topological polar surface area (TPSA) is 41.1 Å². The lowest BCUT2D eigenvalue weighted by atomic mass is 9.95. The van der Waals surface area contributed by atoms with Crippen molar-refractivity contribution in [2.75, 3.05) is 13.1 Å². The Bertz CT molecular complexity index is 151. The second-order valence-corrected chi connectivity index (χ2v) is 3.69. The van der Waals surface area contributed by atoms with E-state index in [0.717, 1.165) is 13.1 Å². The van der Waals surface area contributed by atoms with Gasteiger partial charge in [-0.2, -0.15) is 0 Å². The van der Waals surface area contributed by atoms with Gasteiger partial charge in [-0.15, -0.1) is 0 Å². The Labute approximate surface area is 73.9 Å². The lowest BCUT2D eigenvalue weighted by Crippen LogP contribution is -2.41. The standard InChI is InChI=1S/C9H18N2O/c1-7-3-4-9(5-10-7)6-11-8(2)12/h7,9-10H,3-6H2,1-2H3,(H,11,12). The molecule has 3 heteroatoms. The van der Waals surface area contributed by atoms with E-state index in [1.54, 1.807) is 6.92 Å². The van der Waals surface area contributed by atoms with Crippen LogP contribution in [0.4, 0.5) is 0 Å². The second-order valence-electron chi connectivity index (χ2n) is 3.69. The van der Waals surface area contributed by atoms with Crippen LogP contribution in [-0.2, 0) is 4.79 Å². The van der Waals surface area contributed by atoms with E-state index >= 15 is 0 Å². The summed E-state index contributed by atoms with van der Waals surface area (Å²) in [5.41, 5.74) is 0. The first kappa shape index (κ1) is 9.52. The molecular weight excluding hydrogens is 152 g/mol. The van der Waals surface area contributed by atoms with Crippen molar-refractivity contribution in [2.24, 2.45) is 5.92 Å². The third kappa shape index (κ3) is 3.22. The van der Waals surface area contributed by atoms with Crippen LogP contribution < -0.4 is 10.6 Å². The summed E-state index contributed by atoms with van der Waals surface area (Å²) in [6.45, 7) is 5.64. The summed E-state index contributed by atoms with van der Waals surface area (Å²) in [5, 5.41) is 6.26. The molecule has 2 N–H and O–H groups in total. The van der Waals surface area contributed by atoms with E-state index < -0.39 is 0 Å². The highest BCUT2D eigenvalue weighted by atomic mass is 16.1. The number of carbonyl (C=O) groups excluding carboxylic acids is 1. The smallest absolute Gasteiger partial charge is 0.216 e. The highest BCUT2D eigenvalue weighted by molar-refractivity contribution is 5.72. The second kappa shape index (κ2) is 4.45. The molecule has 0 aliphatic carbocycles. The van der Waals surface area contributed by atoms with Gasteiger partial charge in [0.15, 0.2) is 0 Å². The maximum absolute atomic E-state index is 10.6. The average molecular weight is 170 g/mol. The molecule has 0 bridgehead atoms. The molecule has 1 fully saturated rings.